The van der Waals surface area contributed by atoms with Crippen LogP contribution in [0.25, 0.3) is 0 Å². The molecule has 20 heavy (non-hydrogen) atoms. The standard InChI is InChI=1S/C13H16O6S/c1-8-3-5-9(6-4-8)20(14,15)17-7-10-11-12(19-11)13(16-2)18-10/h3-6,10-13H,7H2,1-2H3/t10-,11-,12-,13-/m1/s1. The maximum atomic E-state index is 12.0. The van der Waals surface area contributed by atoms with Gasteiger partial charge in [-0.2, -0.15) is 8.42 Å². The van der Waals surface area contributed by atoms with Gasteiger partial charge in [-0.25, -0.2) is 0 Å². The Kier molecular flexibility index (Phi) is 3.55. The zero-order valence-electron chi connectivity index (χ0n) is 11.2. The van der Waals surface area contributed by atoms with Crippen molar-refractivity contribution in [3.8, 4) is 0 Å². The third-order valence-corrected chi connectivity index (χ3v) is 4.73. The van der Waals surface area contributed by atoms with Crippen LogP contribution in [-0.2, 0) is 28.5 Å². The minimum Gasteiger partial charge on any atom is -0.361 e. The Balaban J connectivity index is 1.62. The Bertz CT molecular complexity index is 581. The monoisotopic (exact) mass is 300 g/mol. The van der Waals surface area contributed by atoms with E-state index in [2.05, 4.69) is 0 Å². The van der Waals surface area contributed by atoms with Gasteiger partial charge in [-0.15, -0.1) is 0 Å². The first-order chi connectivity index (χ1) is 9.51. The minimum absolute atomic E-state index is 0.0722. The van der Waals surface area contributed by atoms with E-state index in [-0.39, 0.29) is 23.7 Å². The lowest BCUT2D eigenvalue weighted by molar-refractivity contribution is -0.164. The molecule has 2 heterocycles. The van der Waals surface area contributed by atoms with Crippen molar-refractivity contribution in [2.24, 2.45) is 0 Å². The summed E-state index contributed by atoms with van der Waals surface area (Å²) >= 11 is 0. The first-order valence-electron chi connectivity index (χ1n) is 6.31. The van der Waals surface area contributed by atoms with Crippen molar-refractivity contribution in [2.45, 2.75) is 36.4 Å². The van der Waals surface area contributed by atoms with Crippen LogP contribution >= 0.6 is 0 Å². The molecule has 0 aliphatic carbocycles. The zero-order valence-corrected chi connectivity index (χ0v) is 12.0. The molecule has 0 saturated carbocycles. The largest absolute Gasteiger partial charge is 0.361 e. The van der Waals surface area contributed by atoms with E-state index in [1.807, 2.05) is 6.92 Å². The normalized spacial score (nSPS) is 32.1. The van der Waals surface area contributed by atoms with Crippen molar-refractivity contribution >= 4 is 10.1 Å². The second-order valence-electron chi connectivity index (χ2n) is 4.90. The first kappa shape index (κ1) is 14.0. The Morgan fingerprint density at radius 1 is 1.15 bits per heavy atom. The fraction of sp³-hybridized carbons (Fsp3) is 0.538. The number of fused-ring (bicyclic) bond motifs is 1. The molecule has 0 aromatic heterocycles. The number of methoxy groups -OCH3 is 1. The van der Waals surface area contributed by atoms with Crippen LogP contribution < -0.4 is 0 Å². The van der Waals surface area contributed by atoms with Crippen LogP contribution in [0.4, 0.5) is 0 Å². The summed E-state index contributed by atoms with van der Waals surface area (Å²) in [6, 6.07) is 6.50. The summed E-state index contributed by atoms with van der Waals surface area (Å²) in [6.07, 6.45) is -1.08. The molecule has 0 unspecified atom stereocenters. The Labute approximate surface area is 117 Å². The molecule has 6 nitrogen and oxygen atoms in total. The molecule has 2 aliphatic heterocycles. The van der Waals surface area contributed by atoms with Gasteiger partial charge in [0.2, 0.25) is 0 Å². The molecular weight excluding hydrogens is 284 g/mol. The maximum Gasteiger partial charge on any atom is 0.297 e. The first-order valence-corrected chi connectivity index (χ1v) is 7.72. The number of hydrogen-bond acceptors (Lipinski definition) is 6. The highest BCUT2D eigenvalue weighted by atomic mass is 32.2. The lowest BCUT2D eigenvalue weighted by Crippen LogP contribution is -2.26. The van der Waals surface area contributed by atoms with E-state index in [1.54, 1.807) is 12.1 Å². The number of epoxide rings is 1. The van der Waals surface area contributed by atoms with Gasteiger partial charge in [0.05, 0.1) is 11.5 Å². The summed E-state index contributed by atoms with van der Waals surface area (Å²) in [5.74, 6) is 0. The number of benzene rings is 1. The number of hydrogen-bond donors (Lipinski definition) is 0. The van der Waals surface area contributed by atoms with Crippen LogP contribution in [0.2, 0.25) is 0 Å². The summed E-state index contributed by atoms with van der Waals surface area (Å²) in [6.45, 7) is 1.82. The third kappa shape index (κ3) is 2.59. The topological polar surface area (TPSA) is 74.4 Å². The summed E-state index contributed by atoms with van der Waals surface area (Å²) < 4.78 is 45.0. The summed E-state index contributed by atoms with van der Waals surface area (Å²) in [4.78, 5) is 0.137. The predicted molar refractivity (Wildman–Crippen MR) is 68.6 cm³/mol. The van der Waals surface area contributed by atoms with E-state index in [1.165, 1.54) is 19.2 Å². The third-order valence-electron chi connectivity index (χ3n) is 3.43. The van der Waals surface area contributed by atoms with Gasteiger partial charge in [-0.1, -0.05) is 17.7 Å². The highest BCUT2D eigenvalue weighted by molar-refractivity contribution is 7.86. The highest BCUT2D eigenvalue weighted by Crippen LogP contribution is 2.39. The molecule has 2 aliphatic rings. The van der Waals surface area contributed by atoms with E-state index in [4.69, 9.17) is 18.4 Å². The summed E-state index contributed by atoms with van der Waals surface area (Å²) in [7, 11) is -2.25. The Morgan fingerprint density at radius 2 is 1.85 bits per heavy atom. The highest BCUT2D eigenvalue weighted by Gasteiger charge is 2.58. The van der Waals surface area contributed by atoms with Gasteiger partial charge in [0.1, 0.15) is 18.3 Å². The molecule has 0 radical (unpaired) electrons. The van der Waals surface area contributed by atoms with Crippen LogP contribution in [-0.4, -0.2) is 46.7 Å². The average molecular weight is 300 g/mol. The van der Waals surface area contributed by atoms with Gasteiger partial charge in [-0.05, 0) is 19.1 Å². The quantitative estimate of drug-likeness (QED) is 0.592. The van der Waals surface area contributed by atoms with Gasteiger partial charge in [0, 0.05) is 7.11 Å². The second-order valence-corrected chi connectivity index (χ2v) is 6.51. The number of rotatable bonds is 5. The fourth-order valence-electron chi connectivity index (χ4n) is 2.23. The Hall–Kier alpha value is -0.990. The molecule has 0 spiro atoms. The van der Waals surface area contributed by atoms with E-state index in [0.29, 0.717) is 0 Å². The van der Waals surface area contributed by atoms with Crippen molar-refractivity contribution in [2.75, 3.05) is 13.7 Å². The SMILES string of the molecule is CO[C@@H]1O[C@H](COS(=O)(=O)c2ccc(C)cc2)[C@H]2O[C@@H]12. The van der Waals surface area contributed by atoms with E-state index >= 15 is 0 Å². The van der Waals surface area contributed by atoms with Crippen molar-refractivity contribution in [1.82, 2.24) is 0 Å². The summed E-state index contributed by atoms with van der Waals surface area (Å²) in [5.41, 5.74) is 0.986. The van der Waals surface area contributed by atoms with Crippen LogP contribution in [0.15, 0.2) is 29.2 Å². The van der Waals surface area contributed by atoms with Crippen molar-refractivity contribution in [3.05, 3.63) is 29.8 Å². The molecule has 1 aromatic carbocycles. The summed E-state index contributed by atoms with van der Waals surface area (Å²) in [5, 5.41) is 0. The lowest BCUT2D eigenvalue weighted by Gasteiger charge is -2.16. The molecule has 110 valence electrons. The lowest BCUT2D eigenvalue weighted by atomic mass is 10.2. The molecule has 2 saturated heterocycles. The maximum absolute atomic E-state index is 12.0. The smallest absolute Gasteiger partial charge is 0.297 e. The molecule has 0 amide bonds. The molecule has 3 rings (SSSR count). The second kappa shape index (κ2) is 5.09. The predicted octanol–water partition coefficient (Wildman–Crippen LogP) is 0.839. The van der Waals surface area contributed by atoms with Crippen molar-refractivity contribution in [1.29, 1.82) is 0 Å². The van der Waals surface area contributed by atoms with Gasteiger partial charge in [0.15, 0.2) is 6.29 Å². The molecule has 1 aromatic rings. The molecule has 4 atom stereocenters. The van der Waals surface area contributed by atoms with Crippen molar-refractivity contribution < 1.29 is 26.8 Å². The fourth-order valence-corrected chi connectivity index (χ4v) is 3.15. The van der Waals surface area contributed by atoms with Gasteiger partial charge in [-0.3, -0.25) is 4.18 Å². The van der Waals surface area contributed by atoms with Crippen LogP contribution in [0.5, 0.6) is 0 Å². The molecule has 0 N–H and O–H groups in total. The molecule has 0 bridgehead atoms. The Morgan fingerprint density at radius 3 is 2.45 bits per heavy atom. The van der Waals surface area contributed by atoms with Gasteiger partial charge in [0.25, 0.3) is 10.1 Å². The number of aryl methyl sites for hydroxylation is 1. The van der Waals surface area contributed by atoms with Gasteiger partial charge >= 0.3 is 0 Å². The average Bonchev–Trinajstić information content (AvgIpc) is 3.14. The van der Waals surface area contributed by atoms with Crippen LogP contribution in [0.3, 0.4) is 0 Å². The van der Waals surface area contributed by atoms with E-state index in [9.17, 15) is 8.42 Å². The number of ether oxygens (including phenoxy) is 3. The van der Waals surface area contributed by atoms with Gasteiger partial charge < -0.3 is 14.2 Å². The molecule has 2 fully saturated rings. The van der Waals surface area contributed by atoms with Crippen molar-refractivity contribution in [3.63, 3.8) is 0 Å². The van der Waals surface area contributed by atoms with E-state index < -0.39 is 22.5 Å². The van der Waals surface area contributed by atoms with E-state index in [0.717, 1.165) is 5.56 Å². The minimum atomic E-state index is -3.77. The van der Waals surface area contributed by atoms with Crippen LogP contribution in [0, 0.1) is 6.92 Å². The zero-order chi connectivity index (χ0) is 14.3. The molecular formula is C13H16O6S. The van der Waals surface area contributed by atoms with Crippen LogP contribution in [0.1, 0.15) is 5.56 Å². The molecule has 7 heteroatoms.